The fraction of sp³-hybridized carbons (Fsp3) is 0.818. The van der Waals surface area contributed by atoms with Gasteiger partial charge in [0.1, 0.15) is 0 Å². The zero-order chi connectivity index (χ0) is 13.6. The molecule has 1 atom stereocenters. The SMILES string of the molecule is CO[Si](CCCCC1CC(=O)OC1=O)(OC)OC. The molecule has 6 nitrogen and oxygen atoms in total. The Kier molecular flexibility index (Phi) is 5.93. The van der Waals surface area contributed by atoms with E-state index in [2.05, 4.69) is 4.74 Å². The summed E-state index contributed by atoms with van der Waals surface area (Å²) in [5, 5.41) is 0. The molecular weight excluding hydrogens is 256 g/mol. The number of unbranched alkanes of at least 4 members (excludes halogenated alkanes) is 1. The summed E-state index contributed by atoms with van der Waals surface area (Å²) in [4.78, 5) is 22.1. The number of carbonyl (C=O) groups is 2. The van der Waals surface area contributed by atoms with E-state index in [0.29, 0.717) is 12.5 Å². The smallest absolute Gasteiger partial charge is 0.393 e. The molecule has 1 heterocycles. The molecule has 7 heteroatoms. The summed E-state index contributed by atoms with van der Waals surface area (Å²) in [6.45, 7) is 0. The van der Waals surface area contributed by atoms with Crippen LogP contribution in [0.4, 0.5) is 0 Å². The minimum absolute atomic E-state index is 0.209. The Balaban J connectivity index is 2.26. The Morgan fingerprint density at radius 3 is 2.22 bits per heavy atom. The summed E-state index contributed by atoms with van der Waals surface area (Å²) in [5.41, 5.74) is 0. The highest BCUT2D eigenvalue weighted by Gasteiger charge is 2.37. The molecule has 0 saturated carbocycles. The first-order chi connectivity index (χ1) is 8.56. The molecule has 1 aliphatic heterocycles. The third-order valence-electron chi connectivity index (χ3n) is 3.18. The molecule has 0 aromatic heterocycles. The number of esters is 2. The van der Waals surface area contributed by atoms with Gasteiger partial charge in [0.05, 0.1) is 12.3 Å². The maximum absolute atomic E-state index is 11.2. The summed E-state index contributed by atoms with van der Waals surface area (Å²) < 4.78 is 20.4. The van der Waals surface area contributed by atoms with E-state index >= 15 is 0 Å². The van der Waals surface area contributed by atoms with Crippen LogP contribution in [0.3, 0.4) is 0 Å². The first kappa shape index (κ1) is 15.3. The van der Waals surface area contributed by atoms with Gasteiger partial charge in [-0.3, -0.25) is 9.59 Å². The van der Waals surface area contributed by atoms with Crippen molar-refractivity contribution in [2.24, 2.45) is 5.92 Å². The second-order valence-electron chi connectivity index (χ2n) is 4.24. The van der Waals surface area contributed by atoms with Crippen LogP contribution in [-0.4, -0.2) is 42.1 Å². The van der Waals surface area contributed by atoms with E-state index in [4.69, 9.17) is 13.3 Å². The van der Waals surface area contributed by atoms with Crippen molar-refractivity contribution in [3.63, 3.8) is 0 Å². The lowest BCUT2D eigenvalue weighted by Gasteiger charge is -2.24. The lowest BCUT2D eigenvalue weighted by atomic mass is 10.0. The highest BCUT2D eigenvalue weighted by Crippen LogP contribution is 2.24. The van der Waals surface area contributed by atoms with Crippen molar-refractivity contribution < 1.29 is 27.6 Å². The van der Waals surface area contributed by atoms with Crippen LogP contribution in [0, 0.1) is 5.92 Å². The van der Waals surface area contributed by atoms with E-state index in [1.807, 2.05) is 0 Å². The number of rotatable bonds is 8. The van der Waals surface area contributed by atoms with Gasteiger partial charge in [-0.2, -0.15) is 0 Å². The van der Waals surface area contributed by atoms with Crippen molar-refractivity contribution in [3.8, 4) is 0 Å². The zero-order valence-electron chi connectivity index (χ0n) is 11.1. The molecule has 1 aliphatic rings. The number of ether oxygens (including phenoxy) is 1. The van der Waals surface area contributed by atoms with Gasteiger partial charge in [0.25, 0.3) is 0 Å². The average molecular weight is 276 g/mol. The van der Waals surface area contributed by atoms with Crippen LogP contribution in [0.5, 0.6) is 0 Å². The van der Waals surface area contributed by atoms with E-state index in [0.717, 1.165) is 12.8 Å². The summed E-state index contributed by atoms with van der Waals surface area (Å²) in [6.07, 6.45) is 2.52. The second-order valence-corrected chi connectivity index (χ2v) is 7.33. The van der Waals surface area contributed by atoms with Crippen LogP contribution in [0.2, 0.25) is 6.04 Å². The molecule has 0 amide bonds. The molecule has 18 heavy (non-hydrogen) atoms. The van der Waals surface area contributed by atoms with Gasteiger partial charge < -0.3 is 18.0 Å². The van der Waals surface area contributed by atoms with Gasteiger partial charge in [-0.15, -0.1) is 0 Å². The van der Waals surface area contributed by atoms with E-state index in [1.54, 1.807) is 21.3 Å². The first-order valence-electron chi connectivity index (χ1n) is 5.97. The first-order valence-corrected chi connectivity index (χ1v) is 7.90. The van der Waals surface area contributed by atoms with Crippen LogP contribution in [0.15, 0.2) is 0 Å². The third-order valence-corrected chi connectivity index (χ3v) is 6.01. The van der Waals surface area contributed by atoms with Crippen molar-refractivity contribution in [2.75, 3.05) is 21.3 Å². The molecule has 0 aromatic carbocycles. The quantitative estimate of drug-likeness (QED) is 0.286. The van der Waals surface area contributed by atoms with Gasteiger partial charge in [-0.25, -0.2) is 0 Å². The highest BCUT2D eigenvalue weighted by atomic mass is 28.4. The van der Waals surface area contributed by atoms with Crippen molar-refractivity contribution in [1.82, 2.24) is 0 Å². The summed E-state index contributed by atoms with van der Waals surface area (Å²) >= 11 is 0. The Labute approximate surface area is 108 Å². The molecule has 0 aliphatic carbocycles. The summed E-state index contributed by atoms with van der Waals surface area (Å²) in [6, 6.07) is 0.701. The molecule has 1 rings (SSSR count). The molecule has 0 spiro atoms. The van der Waals surface area contributed by atoms with Crippen LogP contribution in [0.1, 0.15) is 25.7 Å². The number of cyclic esters (lactones) is 2. The Bertz CT molecular complexity index is 294. The van der Waals surface area contributed by atoms with Crippen LogP contribution < -0.4 is 0 Å². The number of hydrogen-bond acceptors (Lipinski definition) is 6. The lowest BCUT2D eigenvalue weighted by molar-refractivity contribution is -0.153. The number of carbonyl (C=O) groups excluding carboxylic acids is 2. The Morgan fingerprint density at radius 2 is 1.78 bits per heavy atom. The van der Waals surface area contributed by atoms with Gasteiger partial charge in [0.15, 0.2) is 0 Å². The van der Waals surface area contributed by atoms with Crippen LogP contribution in [0.25, 0.3) is 0 Å². The minimum atomic E-state index is -2.51. The molecule has 1 unspecified atom stereocenters. The zero-order valence-corrected chi connectivity index (χ0v) is 12.1. The molecule has 104 valence electrons. The van der Waals surface area contributed by atoms with E-state index in [1.165, 1.54) is 0 Å². The fourth-order valence-corrected chi connectivity index (χ4v) is 3.83. The predicted octanol–water partition coefficient (Wildman–Crippen LogP) is 1.12. The van der Waals surface area contributed by atoms with Gasteiger partial charge in [-0.1, -0.05) is 6.42 Å². The monoisotopic (exact) mass is 276 g/mol. The lowest BCUT2D eigenvalue weighted by Crippen LogP contribution is -2.42. The van der Waals surface area contributed by atoms with Gasteiger partial charge in [-0.05, 0) is 12.8 Å². The summed E-state index contributed by atoms with van der Waals surface area (Å²) in [5.74, 6) is -1.09. The Morgan fingerprint density at radius 1 is 1.17 bits per heavy atom. The van der Waals surface area contributed by atoms with Gasteiger partial charge >= 0.3 is 20.7 Å². The van der Waals surface area contributed by atoms with Crippen molar-refractivity contribution in [2.45, 2.75) is 31.7 Å². The standard InChI is InChI=1S/C11H20O6Si/c1-14-18(15-2,16-3)7-5-4-6-9-8-10(12)17-11(9)13/h9H,4-8H2,1-3H3. The normalized spacial score (nSPS) is 20.3. The van der Waals surface area contributed by atoms with E-state index in [-0.39, 0.29) is 12.3 Å². The van der Waals surface area contributed by atoms with Gasteiger partial charge in [0, 0.05) is 27.4 Å². The molecule has 0 radical (unpaired) electrons. The van der Waals surface area contributed by atoms with Crippen LogP contribution in [-0.2, 0) is 27.6 Å². The van der Waals surface area contributed by atoms with E-state index < -0.39 is 20.7 Å². The second kappa shape index (κ2) is 6.98. The van der Waals surface area contributed by atoms with Crippen molar-refractivity contribution >= 4 is 20.7 Å². The minimum Gasteiger partial charge on any atom is -0.393 e. The highest BCUT2D eigenvalue weighted by molar-refractivity contribution is 6.60. The molecule has 0 N–H and O–H groups in total. The van der Waals surface area contributed by atoms with Crippen LogP contribution >= 0.6 is 0 Å². The summed E-state index contributed by atoms with van der Waals surface area (Å²) in [7, 11) is 2.22. The predicted molar refractivity (Wildman–Crippen MR) is 64.6 cm³/mol. The maximum Gasteiger partial charge on any atom is 0.500 e. The van der Waals surface area contributed by atoms with E-state index in [9.17, 15) is 9.59 Å². The van der Waals surface area contributed by atoms with Crippen molar-refractivity contribution in [1.29, 1.82) is 0 Å². The molecule has 0 bridgehead atoms. The van der Waals surface area contributed by atoms with Crippen molar-refractivity contribution in [3.05, 3.63) is 0 Å². The molecule has 1 saturated heterocycles. The number of hydrogen-bond donors (Lipinski definition) is 0. The largest absolute Gasteiger partial charge is 0.500 e. The van der Waals surface area contributed by atoms with Gasteiger partial charge in [0.2, 0.25) is 0 Å². The molecular formula is C11H20O6Si. The molecule has 0 aromatic rings. The third kappa shape index (κ3) is 3.87. The Hall–Kier alpha value is -0.763. The fourth-order valence-electron chi connectivity index (χ4n) is 2.03. The topological polar surface area (TPSA) is 71.1 Å². The maximum atomic E-state index is 11.2. The molecule has 1 fully saturated rings. The average Bonchev–Trinajstić information content (AvgIpc) is 2.69.